The van der Waals surface area contributed by atoms with Crippen LogP contribution in [-0.2, 0) is 23.1 Å². The molecule has 0 aromatic carbocycles. The molecule has 1 aromatic heterocycles. The molecule has 7 nitrogen and oxygen atoms in total. The second-order valence-corrected chi connectivity index (χ2v) is 5.03. The topological polar surface area (TPSA) is 124 Å². The molecule has 8 heteroatoms. The van der Waals surface area contributed by atoms with Crippen molar-refractivity contribution in [1.82, 2.24) is 9.78 Å². The van der Waals surface area contributed by atoms with E-state index in [1.54, 1.807) is 4.68 Å². The number of nitrogens with zero attached hydrogens (tertiary/aromatic N) is 2. The van der Waals surface area contributed by atoms with Gasteiger partial charge in [0.1, 0.15) is 0 Å². The third-order valence-corrected chi connectivity index (χ3v) is 3.04. The average Bonchev–Trinajstić information content (AvgIpc) is 2.40. The molecule has 1 heterocycles. The Morgan fingerprint density at radius 3 is 2.56 bits per heavy atom. The summed E-state index contributed by atoms with van der Waals surface area (Å²) in [5.74, 6) is -0.0424. The Kier molecular flexibility index (Phi) is 3.76. The largest absolute Gasteiger partial charge is 0.394 e. The maximum atomic E-state index is 10.5. The average molecular weight is 248 g/mol. The van der Waals surface area contributed by atoms with E-state index in [-0.39, 0.29) is 18.0 Å². The molecule has 0 radical (unpaired) electrons. The van der Waals surface area contributed by atoms with E-state index in [4.69, 9.17) is 16.0 Å². The van der Waals surface area contributed by atoms with Crippen LogP contribution < -0.4 is 11.5 Å². The number of rotatable bonds is 5. The van der Waals surface area contributed by atoms with Crippen molar-refractivity contribution in [3.63, 3.8) is 0 Å². The Morgan fingerprint density at radius 2 is 2.06 bits per heavy atom. The van der Waals surface area contributed by atoms with Gasteiger partial charge in [-0.1, -0.05) is 6.92 Å². The van der Waals surface area contributed by atoms with Gasteiger partial charge >= 0.3 is 0 Å². The first-order valence-electron chi connectivity index (χ1n) is 4.91. The van der Waals surface area contributed by atoms with Gasteiger partial charge in [0, 0.05) is 6.54 Å². The summed E-state index contributed by atoms with van der Waals surface area (Å²) < 4.78 is 31.2. The molecule has 0 amide bonds. The van der Waals surface area contributed by atoms with Crippen LogP contribution in [0.25, 0.3) is 0 Å². The van der Waals surface area contributed by atoms with E-state index in [0.29, 0.717) is 18.7 Å². The number of aryl methyl sites for hydroxylation is 1. The second-order valence-electron chi connectivity index (χ2n) is 3.46. The lowest BCUT2D eigenvalue weighted by molar-refractivity contribution is 0.475. The minimum atomic E-state index is -3.92. The highest BCUT2D eigenvalue weighted by atomic mass is 32.2. The maximum absolute atomic E-state index is 10.5. The molecule has 0 unspecified atom stereocenters. The van der Waals surface area contributed by atoms with Gasteiger partial charge in [-0.3, -0.25) is 9.23 Å². The highest BCUT2D eigenvalue weighted by molar-refractivity contribution is 7.85. The lowest BCUT2D eigenvalue weighted by Crippen LogP contribution is -2.11. The number of nitrogens with two attached hydrogens (primary N) is 2. The van der Waals surface area contributed by atoms with Gasteiger partial charge in [0.05, 0.1) is 17.1 Å². The van der Waals surface area contributed by atoms with E-state index in [1.165, 1.54) is 0 Å². The smallest absolute Gasteiger partial charge is 0.264 e. The summed E-state index contributed by atoms with van der Waals surface area (Å²) in [6.07, 6.45) is 0.939. The molecule has 0 bridgehead atoms. The summed E-state index contributed by atoms with van der Waals surface area (Å²) in [6.45, 7) is 2.27. The molecule has 5 N–H and O–H groups in total. The molecular weight excluding hydrogens is 232 g/mol. The van der Waals surface area contributed by atoms with Gasteiger partial charge in [-0.15, -0.1) is 0 Å². The van der Waals surface area contributed by atoms with E-state index in [1.807, 2.05) is 6.92 Å². The van der Waals surface area contributed by atoms with Crippen LogP contribution in [0, 0.1) is 0 Å². The van der Waals surface area contributed by atoms with Gasteiger partial charge in [0.2, 0.25) is 0 Å². The lowest BCUT2D eigenvalue weighted by atomic mass is 10.3. The van der Waals surface area contributed by atoms with Gasteiger partial charge in [0.25, 0.3) is 10.1 Å². The van der Waals surface area contributed by atoms with E-state index < -0.39 is 10.1 Å². The monoisotopic (exact) mass is 248 g/mol. The van der Waals surface area contributed by atoms with E-state index >= 15 is 0 Å². The zero-order valence-corrected chi connectivity index (χ0v) is 9.87. The molecular formula is C8H16N4O3S. The van der Waals surface area contributed by atoms with Crippen LogP contribution in [0.15, 0.2) is 0 Å². The molecule has 0 aliphatic carbocycles. The Labute approximate surface area is 94.2 Å². The highest BCUT2D eigenvalue weighted by Crippen LogP contribution is 2.19. The number of nitrogen functional groups attached to an aromatic ring is 2. The molecule has 0 atom stereocenters. The summed E-state index contributed by atoms with van der Waals surface area (Å²) in [4.78, 5) is 0. The maximum Gasteiger partial charge on any atom is 0.264 e. The summed E-state index contributed by atoms with van der Waals surface area (Å²) in [5, 5.41) is 3.99. The minimum Gasteiger partial charge on any atom is -0.394 e. The van der Waals surface area contributed by atoms with Crippen molar-refractivity contribution < 1.29 is 13.0 Å². The van der Waals surface area contributed by atoms with Crippen molar-refractivity contribution in [3.8, 4) is 0 Å². The first-order valence-corrected chi connectivity index (χ1v) is 6.52. The van der Waals surface area contributed by atoms with Crippen molar-refractivity contribution >= 4 is 21.6 Å². The molecule has 0 aliphatic rings. The quantitative estimate of drug-likeness (QED) is 0.624. The summed E-state index contributed by atoms with van der Waals surface area (Å²) in [6, 6.07) is 0. The number of aromatic nitrogens is 2. The van der Waals surface area contributed by atoms with Crippen molar-refractivity contribution in [2.24, 2.45) is 0 Å². The Balaban J connectivity index is 2.71. The third kappa shape index (κ3) is 3.11. The summed E-state index contributed by atoms with van der Waals surface area (Å²) in [7, 11) is -3.92. The Hall–Kier alpha value is -1.28. The SMILES string of the molecule is CCc1c(N)c(N)nn1CCCS(=O)(=O)O. The Bertz CT molecular complexity index is 466. The van der Waals surface area contributed by atoms with Crippen LogP contribution in [0.3, 0.4) is 0 Å². The number of hydrogen-bond acceptors (Lipinski definition) is 5. The second kappa shape index (κ2) is 4.71. The van der Waals surface area contributed by atoms with Crippen molar-refractivity contribution in [2.45, 2.75) is 26.3 Å². The summed E-state index contributed by atoms with van der Waals surface area (Å²) in [5.41, 5.74) is 12.5. The van der Waals surface area contributed by atoms with Crippen LogP contribution in [0.4, 0.5) is 11.5 Å². The van der Waals surface area contributed by atoms with Gasteiger partial charge in [-0.05, 0) is 12.8 Å². The lowest BCUT2D eigenvalue weighted by Gasteiger charge is -2.04. The fourth-order valence-electron chi connectivity index (χ4n) is 1.49. The molecule has 0 saturated carbocycles. The first kappa shape index (κ1) is 12.8. The molecule has 0 spiro atoms. The van der Waals surface area contributed by atoms with Gasteiger partial charge < -0.3 is 11.5 Å². The highest BCUT2D eigenvalue weighted by Gasteiger charge is 2.12. The molecule has 0 fully saturated rings. The van der Waals surface area contributed by atoms with Crippen LogP contribution >= 0.6 is 0 Å². The normalized spacial score (nSPS) is 11.9. The van der Waals surface area contributed by atoms with E-state index in [9.17, 15) is 8.42 Å². The number of anilines is 2. The van der Waals surface area contributed by atoms with E-state index in [0.717, 1.165) is 5.69 Å². The molecule has 0 aliphatic heterocycles. The third-order valence-electron chi connectivity index (χ3n) is 2.23. The van der Waals surface area contributed by atoms with Crippen LogP contribution in [0.1, 0.15) is 19.0 Å². The predicted octanol–water partition coefficient (Wildman–Crippen LogP) is -0.112. The van der Waals surface area contributed by atoms with Gasteiger partial charge in [-0.25, -0.2) is 0 Å². The summed E-state index contributed by atoms with van der Waals surface area (Å²) >= 11 is 0. The van der Waals surface area contributed by atoms with Gasteiger partial charge in [0.15, 0.2) is 5.82 Å². The minimum absolute atomic E-state index is 0.253. The van der Waals surface area contributed by atoms with Gasteiger partial charge in [-0.2, -0.15) is 13.5 Å². The molecule has 16 heavy (non-hydrogen) atoms. The van der Waals surface area contributed by atoms with Crippen molar-refractivity contribution in [2.75, 3.05) is 17.2 Å². The number of hydrogen-bond donors (Lipinski definition) is 3. The zero-order chi connectivity index (χ0) is 12.3. The van der Waals surface area contributed by atoms with Crippen LogP contribution in [0.5, 0.6) is 0 Å². The standard InChI is InChI=1S/C8H16N4O3S/c1-2-6-7(9)8(10)11-12(6)4-3-5-16(13,14)15/h2-5,9H2,1H3,(H2,10,11)(H,13,14,15). The molecule has 1 aromatic rings. The van der Waals surface area contributed by atoms with Crippen molar-refractivity contribution in [3.05, 3.63) is 5.69 Å². The zero-order valence-electron chi connectivity index (χ0n) is 9.05. The fraction of sp³-hybridized carbons (Fsp3) is 0.625. The Morgan fingerprint density at radius 1 is 1.44 bits per heavy atom. The molecule has 1 rings (SSSR count). The van der Waals surface area contributed by atoms with E-state index in [2.05, 4.69) is 5.10 Å². The fourth-order valence-corrected chi connectivity index (χ4v) is 1.98. The van der Waals surface area contributed by atoms with Crippen LogP contribution in [-0.4, -0.2) is 28.5 Å². The molecule has 92 valence electrons. The van der Waals surface area contributed by atoms with Crippen LogP contribution in [0.2, 0.25) is 0 Å². The first-order chi connectivity index (χ1) is 7.35. The van der Waals surface area contributed by atoms with Crippen molar-refractivity contribution in [1.29, 1.82) is 0 Å². The molecule has 0 saturated heterocycles. The predicted molar refractivity (Wildman–Crippen MR) is 61.5 cm³/mol.